The van der Waals surface area contributed by atoms with Crippen molar-refractivity contribution >= 4 is 17.4 Å². The average molecular weight is 339 g/mol. The molecule has 6 nitrogen and oxygen atoms in total. The Bertz CT molecular complexity index is 749. The van der Waals surface area contributed by atoms with Crippen molar-refractivity contribution in [3.8, 4) is 11.1 Å². The van der Waals surface area contributed by atoms with Gasteiger partial charge in [-0.3, -0.25) is 9.78 Å². The lowest BCUT2D eigenvalue weighted by atomic mass is 9.94. The van der Waals surface area contributed by atoms with E-state index in [9.17, 15) is 4.79 Å². The molecule has 0 saturated carbocycles. The Hall–Kier alpha value is -2.63. The van der Waals surface area contributed by atoms with Crippen molar-refractivity contribution in [2.45, 2.75) is 19.8 Å². The van der Waals surface area contributed by atoms with Crippen molar-refractivity contribution in [3.63, 3.8) is 0 Å². The van der Waals surface area contributed by atoms with E-state index >= 15 is 0 Å². The van der Waals surface area contributed by atoms with Crippen LogP contribution in [0.15, 0.2) is 30.7 Å². The lowest BCUT2D eigenvalue weighted by Gasteiger charge is -2.34. The number of carbonyl (C=O) groups excluding carboxylic acids is 1. The van der Waals surface area contributed by atoms with Crippen LogP contribution in [0.3, 0.4) is 0 Å². The lowest BCUT2D eigenvalue weighted by Crippen LogP contribution is -2.39. The number of piperidine rings is 1. The number of pyridine rings is 2. The van der Waals surface area contributed by atoms with Crippen LogP contribution < -0.4 is 15.5 Å². The summed E-state index contributed by atoms with van der Waals surface area (Å²) in [4.78, 5) is 24.6. The van der Waals surface area contributed by atoms with Crippen molar-refractivity contribution in [1.82, 2.24) is 9.97 Å². The van der Waals surface area contributed by atoms with Gasteiger partial charge in [-0.05, 0) is 37.5 Å². The van der Waals surface area contributed by atoms with Crippen LogP contribution in [-0.2, 0) is 4.79 Å². The number of primary amides is 1. The molecule has 0 aromatic carbocycles. The number of nitrogens with two attached hydrogens (primary N) is 1. The predicted octanol–water partition coefficient (Wildman–Crippen LogP) is 2.22. The summed E-state index contributed by atoms with van der Waals surface area (Å²) in [5.74, 6) is 0.728. The molecule has 1 fully saturated rings. The third kappa shape index (κ3) is 3.57. The van der Waals surface area contributed by atoms with Gasteiger partial charge in [0.25, 0.3) is 0 Å². The van der Waals surface area contributed by atoms with Crippen LogP contribution in [0.2, 0.25) is 0 Å². The molecule has 3 heterocycles. The molecule has 2 aromatic rings. The summed E-state index contributed by atoms with van der Waals surface area (Å²) in [7, 11) is 3.95. The van der Waals surface area contributed by atoms with Crippen LogP contribution in [0.1, 0.15) is 18.4 Å². The quantitative estimate of drug-likeness (QED) is 0.924. The zero-order valence-corrected chi connectivity index (χ0v) is 15.1. The van der Waals surface area contributed by atoms with Gasteiger partial charge < -0.3 is 15.5 Å². The SMILES string of the molecule is Cc1cncc(-c2ccc(N(C)C)nc2)c1N1CCC(C(N)=O)CC1. The predicted molar refractivity (Wildman–Crippen MR) is 101 cm³/mol. The molecule has 2 N–H and O–H groups in total. The van der Waals surface area contributed by atoms with Gasteiger partial charge in [-0.1, -0.05) is 0 Å². The monoisotopic (exact) mass is 339 g/mol. The molecule has 1 aliphatic rings. The molecule has 1 amide bonds. The number of hydrogen-bond acceptors (Lipinski definition) is 5. The number of hydrogen-bond donors (Lipinski definition) is 1. The first kappa shape index (κ1) is 17.2. The fourth-order valence-electron chi connectivity index (χ4n) is 3.39. The van der Waals surface area contributed by atoms with Gasteiger partial charge >= 0.3 is 0 Å². The summed E-state index contributed by atoms with van der Waals surface area (Å²) in [6, 6.07) is 4.10. The number of aryl methyl sites for hydroxylation is 1. The van der Waals surface area contributed by atoms with E-state index in [0.717, 1.165) is 48.4 Å². The van der Waals surface area contributed by atoms with Gasteiger partial charge in [0.05, 0.1) is 5.69 Å². The number of amides is 1. The van der Waals surface area contributed by atoms with Gasteiger partial charge in [0.1, 0.15) is 5.82 Å². The average Bonchev–Trinajstić information content (AvgIpc) is 2.61. The van der Waals surface area contributed by atoms with Crippen LogP contribution in [0.5, 0.6) is 0 Å². The van der Waals surface area contributed by atoms with Crippen LogP contribution >= 0.6 is 0 Å². The minimum atomic E-state index is -0.185. The van der Waals surface area contributed by atoms with Gasteiger partial charge in [-0.15, -0.1) is 0 Å². The summed E-state index contributed by atoms with van der Waals surface area (Å²) in [6.45, 7) is 3.73. The second kappa shape index (κ2) is 7.09. The van der Waals surface area contributed by atoms with E-state index in [2.05, 4.69) is 27.9 Å². The second-order valence-corrected chi connectivity index (χ2v) is 6.82. The molecule has 6 heteroatoms. The van der Waals surface area contributed by atoms with Crippen molar-refractivity contribution in [2.75, 3.05) is 37.0 Å². The summed E-state index contributed by atoms with van der Waals surface area (Å²) in [6.07, 6.45) is 7.28. The van der Waals surface area contributed by atoms with Crippen molar-refractivity contribution in [2.24, 2.45) is 11.7 Å². The Morgan fingerprint density at radius 3 is 2.48 bits per heavy atom. The van der Waals surface area contributed by atoms with Gasteiger partial charge in [-0.2, -0.15) is 0 Å². The first-order valence-electron chi connectivity index (χ1n) is 8.60. The normalized spacial score (nSPS) is 15.2. The van der Waals surface area contributed by atoms with Crippen molar-refractivity contribution in [3.05, 3.63) is 36.3 Å². The maximum absolute atomic E-state index is 11.4. The van der Waals surface area contributed by atoms with E-state index in [0.29, 0.717) is 0 Å². The number of carbonyl (C=O) groups is 1. The highest BCUT2D eigenvalue weighted by Gasteiger charge is 2.25. The first-order valence-corrected chi connectivity index (χ1v) is 8.60. The molecule has 0 atom stereocenters. The molecule has 1 saturated heterocycles. The van der Waals surface area contributed by atoms with Gasteiger partial charge in [0, 0.05) is 62.8 Å². The minimum Gasteiger partial charge on any atom is -0.371 e. The van der Waals surface area contributed by atoms with E-state index in [4.69, 9.17) is 5.73 Å². The lowest BCUT2D eigenvalue weighted by molar-refractivity contribution is -0.122. The van der Waals surface area contributed by atoms with E-state index in [1.165, 1.54) is 5.69 Å². The highest BCUT2D eigenvalue weighted by Crippen LogP contribution is 2.35. The third-order valence-electron chi connectivity index (χ3n) is 4.83. The summed E-state index contributed by atoms with van der Waals surface area (Å²) in [5.41, 5.74) is 9.90. The number of aromatic nitrogens is 2. The Balaban J connectivity index is 1.91. The van der Waals surface area contributed by atoms with E-state index < -0.39 is 0 Å². The molecule has 2 aromatic heterocycles. The summed E-state index contributed by atoms with van der Waals surface area (Å²) >= 11 is 0. The Labute approximate surface area is 148 Å². The van der Waals surface area contributed by atoms with Crippen LogP contribution in [0.25, 0.3) is 11.1 Å². The molecule has 0 radical (unpaired) electrons. The molecule has 1 aliphatic heterocycles. The largest absolute Gasteiger partial charge is 0.371 e. The Kier molecular flexibility index (Phi) is 4.88. The molecule has 3 rings (SSSR count). The molecular weight excluding hydrogens is 314 g/mol. The number of nitrogens with zero attached hydrogens (tertiary/aromatic N) is 4. The van der Waals surface area contributed by atoms with Crippen molar-refractivity contribution < 1.29 is 4.79 Å². The number of anilines is 2. The number of rotatable bonds is 4. The minimum absolute atomic E-state index is 0.0112. The fraction of sp³-hybridized carbons (Fsp3) is 0.421. The molecule has 25 heavy (non-hydrogen) atoms. The maximum Gasteiger partial charge on any atom is 0.220 e. The Morgan fingerprint density at radius 2 is 1.92 bits per heavy atom. The maximum atomic E-state index is 11.4. The molecule has 0 aliphatic carbocycles. The van der Waals surface area contributed by atoms with Crippen LogP contribution in [0.4, 0.5) is 11.5 Å². The molecule has 0 unspecified atom stereocenters. The molecule has 0 bridgehead atoms. The van der Waals surface area contributed by atoms with Gasteiger partial charge in [-0.25, -0.2) is 4.98 Å². The highest BCUT2D eigenvalue weighted by molar-refractivity contribution is 5.81. The topological polar surface area (TPSA) is 75.3 Å². The zero-order valence-electron chi connectivity index (χ0n) is 15.1. The fourth-order valence-corrected chi connectivity index (χ4v) is 3.39. The van der Waals surface area contributed by atoms with E-state index in [-0.39, 0.29) is 11.8 Å². The van der Waals surface area contributed by atoms with Gasteiger partial charge in [0.15, 0.2) is 0 Å². The Morgan fingerprint density at radius 1 is 1.20 bits per heavy atom. The second-order valence-electron chi connectivity index (χ2n) is 6.82. The molecule has 0 spiro atoms. The van der Waals surface area contributed by atoms with E-state index in [1.54, 1.807) is 0 Å². The third-order valence-corrected chi connectivity index (χ3v) is 4.83. The molecule has 132 valence electrons. The van der Waals surface area contributed by atoms with Crippen LogP contribution in [-0.4, -0.2) is 43.1 Å². The van der Waals surface area contributed by atoms with Crippen LogP contribution in [0, 0.1) is 12.8 Å². The first-order chi connectivity index (χ1) is 12.0. The van der Waals surface area contributed by atoms with Crippen molar-refractivity contribution in [1.29, 1.82) is 0 Å². The molecular formula is C19H25N5O. The smallest absolute Gasteiger partial charge is 0.220 e. The zero-order chi connectivity index (χ0) is 18.0. The standard InChI is InChI=1S/C19H25N5O/c1-13-10-21-12-16(15-4-5-17(22-11-15)23(2)3)18(13)24-8-6-14(7-9-24)19(20)25/h4-5,10-12,14H,6-9H2,1-3H3,(H2,20,25). The highest BCUT2D eigenvalue weighted by atomic mass is 16.1. The van der Waals surface area contributed by atoms with E-state index in [1.807, 2.05) is 43.7 Å². The summed E-state index contributed by atoms with van der Waals surface area (Å²) in [5, 5.41) is 0. The summed E-state index contributed by atoms with van der Waals surface area (Å²) < 4.78 is 0. The van der Waals surface area contributed by atoms with Gasteiger partial charge in [0.2, 0.25) is 5.91 Å².